The van der Waals surface area contributed by atoms with Crippen molar-refractivity contribution < 1.29 is 0 Å². The predicted molar refractivity (Wildman–Crippen MR) is 76.3 cm³/mol. The van der Waals surface area contributed by atoms with E-state index < -0.39 is 0 Å². The highest BCUT2D eigenvalue weighted by atomic mass is 15.2. The second kappa shape index (κ2) is 5.83. The third kappa shape index (κ3) is 2.55. The average molecular weight is 270 g/mol. The molecule has 0 aliphatic carbocycles. The molecule has 3 aromatic heterocycles. The van der Waals surface area contributed by atoms with Crippen LogP contribution in [-0.4, -0.2) is 30.7 Å². The molecular formula is C14H18N6. The first-order valence-corrected chi connectivity index (χ1v) is 6.88. The van der Waals surface area contributed by atoms with Crippen LogP contribution >= 0.6 is 0 Å². The van der Waals surface area contributed by atoms with E-state index in [1.807, 2.05) is 41.2 Å². The molecule has 0 aliphatic heterocycles. The molecule has 0 saturated carbocycles. The van der Waals surface area contributed by atoms with E-state index >= 15 is 0 Å². The Balaban J connectivity index is 1.55. The minimum atomic E-state index is 0.775. The van der Waals surface area contributed by atoms with Crippen LogP contribution in [0, 0.1) is 0 Å². The lowest BCUT2D eigenvalue weighted by molar-refractivity contribution is 0.605. The van der Waals surface area contributed by atoms with E-state index in [2.05, 4.69) is 32.0 Å². The summed E-state index contributed by atoms with van der Waals surface area (Å²) in [6.45, 7) is 4.70. The maximum Gasteiger partial charge on any atom is 0.160 e. The molecule has 0 radical (unpaired) electrons. The van der Waals surface area contributed by atoms with Gasteiger partial charge in [0.15, 0.2) is 5.65 Å². The number of pyridine rings is 1. The van der Waals surface area contributed by atoms with E-state index in [0.717, 1.165) is 43.4 Å². The van der Waals surface area contributed by atoms with Gasteiger partial charge in [0, 0.05) is 38.1 Å². The smallest absolute Gasteiger partial charge is 0.160 e. The Morgan fingerprint density at radius 2 is 2.10 bits per heavy atom. The van der Waals surface area contributed by atoms with Gasteiger partial charge < -0.3 is 9.88 Å². The van der Waals surface area contributed by atoms with E-state index in [1.54, 1.807) is 0 Å². The summed E-state index contributed by atoms with van der Waals surface area (Å²) in [6, 6.07) is 5.92. The zero-order valence-electron chi connectivity index (χ0n) is 11.5. The van der Waals surface area contributed by atoms with E-state index in [9.17, 15) is 0 Å². The van der Waals surface area contributed by atoms with Gasteiger partial charge in [-0.15, -0.1) is 10.2 Å². The van der Waals surface area contributed by atoms with Gasteiger partial charge in [-0.25, -0.2) is 4.98 Å². The van der Waals surface area contributed by atoms with Gasteiger partial charge in [-0.2, -0.15) is 0 Å². The highest BCUT2D eigenvalue weighted by Gasteiger charge is 2.04. The zero-order valence-corrected chi connectivity index (χ0v) is 11.5. The van der Waals surface area contributed by atoms with Crippen LogP contribution in [0.3, 0.4) is 0 Å². The highest BCUT2D eigenvalue weighted by Crippen LogP contribution is 2.03. The standard InChI is InChI=1S/C14H18N6/c1-2-19-10-8-16-14(19)11-15-7-6-13-18-17-12-5-3-4-9-20(12)13/h3-5,8-10,15H,2,6-7,11H2,1H3. The number of hydrogen-bond donors (Lipinski definition) is 1. The van der Waals surface area contributed by atoms with Crippen LogP contribution in [0.15, 0.2) is 36.8 Å². The van der Waals surface area contributed by atoms with Crippen molar-refractivity contribution in [3.8, 4) is 0 Å². The summed E-state index contributed by atoms with van der Waals surface area (Å²) in [5.41, 5.74) is 0.893. The minimum Gasteiger partial charge on any atom is -0.334 e. The van der Waals surface area contributed by atoms with Gasteiger partial charge in [-0.05, 0) is 19.1 Å². The van der Waals surface area contributed by atoms with Gasteiger partial charge in [-0.1, -0.05) is 6.07 Å². The first kappa shape index (κ1) is 12.8. The fourth-order valence-electron chi connectivity index (χ4n) is 2.26. The summed E-state index contributed by atoms with van der Waals surface area (Å²) in [5.74, 6) is 2.05. The van der Waals surface area contributed by atoms with Crippen LogP contribution in [-0.2, 0) is 19.5 Å². The third-order valence-electron chi connectivity index (χ3n) is 3.34. The Hall–Kier alpha value is -2.21. The van der Waals surface area contributed by atoms with Crippen LogP contribution in [0.4, 0.5) is 0 Å². The lowest BCUT2D eigenvalue weighted by atomic mass is 10.4. The predicted octanol–water partition coefficient (Wildman–Crippen LogP) is 1.28. The van der Waals surface area contributed by atoms with Gasteiger partial charge in [0.05, 0.1) is 6.54 Å². The molecule has 0 saturated heterocycles. The second-order valence-electron chi connectivity index (χ2n) is 4.60. The van der Waals surface area contributed by atoms with Gasteiger partial charge in [0.1, 0.15) is 11.6 Å². The molecule has 0 amide bonds. The highest BCUT2D eigenvalue weighted by molar-refractivity contribution is 5.36. The van der Waals surface area contributed by atoms with Crippen molar-refractivity contribution >= 4 is 5.65 Å². The summed E-state index contributed by atoms with van der Waals surface area (Å²) < 4.78 is 4.16. The molecule has 1 N–H and O–H groups in total. The molecule has 0 unspecified atom stereocenters. The molecule has 0 aromatic carbocycles. The number of nitrogens with zero attached hydrogens (tertiary/aromatic N) is 5. The van der Waals surface area contributed by atoms with Crippen molar-refractivity contribution in [2.24, 2.45) is 0 Å². The van der Waals surface area contributed by atoms with Crippen molar-refractivity contribution in [3.63, 3.8) is 0 Å². The molecule has 6 nitrogen and oxygen atoms in total. The Labute approximate surface area is 117 Å². The number of hydrogen-bond acceptors (Lipinski definition) is 4. The molecule has 0 fully saturated rings. The molecule has 3 aromatic rings. The molecule has 0 spiro atoms. The number of imidazole rings is 1. The summed E-state index contributed by atoms with van der Waals surface area (Å²) >= 11 is 0. The largest absolute Gasteiger partial charge is 0.334 e. The summed E-state index contributed by atoms with van der Waals surface area (Å²) in [4.78, 5) is 4.34. The first-order valence-electron chi connectivity index (χ1n) is 6.88. The molecule has 0 atom stereocenters. The molecule has 104 valence electrons. The number of aromatic nitrogens is 5. The Bertz CT molecular complexity index is 684. The van der Waals surface area contributed by atoms with Crippen molar-refractivity contribution in [2.75, 3.05) is 6.54 Å². The molecule has 3 heterocycles. The number of rotatable bonds is 6. The van der Waals surface area contributed by atoms with Crippen molar-refractivity contribution in [2.45, 2.75) is 26.4 Å². The average Bonchev–Trinajstić information content (AvgIpc) is 3.10. The van der Waals surface area contributed by atoms with Crippen LogP contribution in [0.2, 0.25) is 0 Å². The van der Waals surface area contributed by atoms with Gasteiger partial charge in [0.2, 0.25) is 0 Å². The molecular weight excluding hydrogens is 252 g/mol. The molecule has 6 heteroatoms. The first-order chi connectivity index (χ1) is 9.88. The van der Waals surface area contributed by atoms with Crippen LogP contribution in [0.1, 0.15) is 18.6 Å². The number of aryl methyl sites for hydroxylation is 1. The van der Waals surface area contributed by atoms with Gasteiger partial charge in [0.25, 0.3) is 0 Å². The maximum absolute atomic E-state index is 4.34. The summed E-state index contributed by atoms with van der Waals surface area (Å²) in [5, 5.41) is 11.8. The second-order valence-corrected chi connectivity index (χ2v) is 4.60. The van der Waals surface area contributed by atoms with E-state index in [0.29, 0.717) is 0 Å². The summed E-state index contributed by atoms with van der Waals surface area (Å²) in [7, 11) is 0. The van der Waals surface area contributed by atoms with Crippen LogP contribution in [0.25, 0.3) is 5.65 Å². The Kier molecular flexibility index (Phi) is 3.73. The molecule has 0 bridgehead atoms. The normalized spacial score (nSPS) is 11.2. The van der Waals surface area contributed by atoms with Crippen molar-refractivity contribution in [1.29, 1.82) is 0 Å². The lowest BCUT2D eigenvalue weighted by Crippen LogP contribution is -2.20. The van der Waals surface area contributed by atoms with Crippen LogP contribution < -0.4 is 5.32 Å². The van der Waals surface area contributed by atoms with E-state index in [4.69, 9.17) is 0 Å². The fraction of sp³-hybridized carbons (Fsp3) is 0.357. The van der Waals surface area contributed by atoms with E-state index in [1.165, 1.54) is 0 Å². The monoisotopic (exact) mass is 270 g/mol. The SMILES string of the molecule is CCn1ccnc1CNCCc1nnc2ccccn12. The van der Waals surface area contributed by atoms with E-state index in [-0.39, 0.29) is 0 Å². The Morgan fingerprint density at radius 1 is 1.15 bits per heavy atom. The summed E-state index contributed by atoms with van der Waals surface area (Å²) in [6.07, 6.45) is 6.68. The minimum absolute atomic E-state index is 0.775. The van der Waals surface area contributed by atoms with Gasteiger partial charge in [-0.3, -0.25) is 4.40 Å². The van der Waals surface area contributed by atoms with Crippen LogP contribution in [0.5, 0.6) is 0 Å². The zero-order chi connectivity index (χ0) is 13.8. The Morgan fingerprint density at radius 3 is 3.00 bits per heavy atom. The third-order valence-corrected chi connectivity index (χ3v) is 3.34. The van der Waals surface area contributed by atoms with Gasteiger partial charge >= 0.3 is 0 Å². The number of nitrogens with one attached hydrogen (secondary N) is 1. The topological polar surface area (TPSA) is 60.0 Å². The molecule has 20 heavy (non-hydrogen) atoms. The van der Waals surface area contributed by atoms with Crippen molar-refractivity contribution in [1.82, 2.24) is 29.5 Å². The lowest BCUT2D eigenvalue weighted by Gasteiger charge is -2.06. The molecule has 0 aliphatic rings. The quantitative estimate of drug-likeness (QED) is 0.685. The fourth-order valence-corrected chi connectivity index (χ4v) is 2.26. The maximum atomic E-state index is 4.34. The number of fused-ring (bicyclic) bond motifs is 1. The molecule has 3 rings (SSSR count). The van der Waals surface area contributed by atoms with Crippen molar-refractivity contribution in [3.05, 3.63) is 48.4 Å².